The van der Waals surface area contributed by atoms with E-state index < -0.39 is 0 Å². The van der Waals surface area contributed by atoms with E-state index >= 15 is 0 Å². The van der Waals surface area contributed by atoms with E-state index in [2.05, 4.69) is 35.5 Å². The second-order valence-electron chi connectivity index (χ2n) is 8.58. The Morgan fingerprint density at radius 1 is 0.955 bits per heavy atom. The third-order valence-corrected chi connectivity index (χ3v) is 6.49. The predicted molar refractivity (Wildman–Crippen MR) is 94.3 cm³/mol. The van der Waals surface area contributed by atoms with E-state index in [1.165, 1.54) is 84.5 Å². The quantitative estimate of drug-likeness (QED) is 0.773. The van der Waals surface area contributed by atoms with Crippen molar-refractivity contribution in [2.45, 2.75) is 58.9 Å². The van der Waals surface area contributed by atoms with Gasteiger partial charge in [-0.1, -0.05) is 6.92 Å². The van der Waals surface area contributed by atoms with E-state index in [0.717, 1.165) is 12.0 Å². The lowest BCUT2D eigenvalue weighted by molar-refractivity contribution is -0.0647. The molecular formula is C19H37N3. The highest BCUT2D eigenvalue weighted by atomic mass is 15.2. The van der Waals surface area contributed by atoms with Gasteiger partial charge in [0.2, 0.25) is 0 Å². The highest BCUT2D eigenvalue weighted by Gasteiger charge is 2.45. The summed E-state index contributed by atoms with van der Waals surface area (Å²) in [6, 6.07) is 0.747. The molecule has 3 nitrogen and oxygen atoms in total. The lowest BCUT2D eigenvalue weighted by Crippen LogP contribution is -2.62. The van der Waals surface area contributed by atoms with Crippen LogP contribution >= 0.6 is 0 Å². The highest BCUT2D eigenvalue weighted by molar-refractivity contribution is 4.99. The van der Waals surface area contributed by atoms with Crippen LogP contribution in [0.1, 0.15) is 52.9 Å². The van der Waals surface area contributed by atoms with Crippen molar-refractivity contribution in [3.8, 4) is 0 Å². The maximum atomic E-state index is 2.78. The lowest BCUT2D eigenvalue weighted by atomic mass is 9.71. The number of nitrogens with zero attached hydrogens (tertiary/aromatic N) is 3. The van der Waals surface area contributed by atoms with Crippen molar-refractivity contribution in [1.29, 1.82) is 0 Å². The van der Waals surface area contributed by atoms with E-state index in [1.54, 1.807) is 0 Å². The van der Waals surface area contributed by atoms with Gasteiger partial charge in [-0.25, -0.2) is 0 Å². The van der Waals surface area contributed by atoms with Gasteiger partial charge in [-0.05, 0) is 90.0 Å². The molecule has 0 aromatic carbocycles. The fraction of sp³-hybridized carbons (Fsp3) is 1.00. The minimum atomic E-state index is 0.700. The van der Waals surface area contributed by atoms with Crippen LogP contribution in [0.25, 0.3) is 0 Å². The van der Waals surface area contributed by atoms with Crippen LogP contribution in [0.2, 0.25) is 0 Å². The van der Waals surface area contributed by atoms with Gasteiger partial charge >= 0.3 is 0 Å². The fourth-order valence-corrected chi connectivity index (χ4v) is 4.78. The van der Waals surface area contributed by atoms with Gasteiger partial charge in [0.25, 0.3) is 0 Å². The molecule has 3 rings (SSSR count). The van der Waals surface area contributed by atoms with E-state index in [-0.39, 0.29) is 0 Å². The van der Waals surface area contributed by atoms with Gasteiger partial charge in [-0.2, -0.15) is 0 Å². The molecule has 3 saturated heterocycles. The first-order valence-corrected chi connectivity index (χ1v) is 9.79. The van der Waals surface area contributed by atoms with Gasteiger partial charge in [0, 0.05) is 25.7 Å². The zero-order chi connectivity index (χ0) is 15.6. The summed E-state index contributed by atoms with van der Waals surface area (Å²) in [6.45, 7) is 17.8. The van der Waals surface area contributed by atoms with Crippen LogP contribution in [0.4, 0.5) is 0 Å². The topological polar surface area (TPSA) is 9.72 Å². The average Bonchev–Trinajstić information content (AvgIpc) is 2.48. The molecule has 0 amide bonds. The van der Waals surface area contributed by atoms with Crippen LogP contribution in [0.15, 0.2) is 0 Å². The van der Waals surface area contributed by atoms with Gasteiger partial charge in [0.15, 0.2) is 0 Å². The lowest BCUT2D eigenvalue weighted by Gasteiger charge is -2.56. The second kappa shape index (κ2) is 7.19. The number of likely N-dealkylation sites (tertiary alicyclic amines) is 3. The Balaban J connectivity index is 1.35. The molecule has 0 N–H and O–H groups in total. The van der Waals surface area contributed by atoms with Gasteiger partial charge in [0.1, 0.15) is 0 Å². The summed E-state index contributed by atoms with van der Waals surface area (Å²) in [5.74, 6) is 0.968. The van der Waals surface area contributed by atoms with E-state index in [4.69, 9.17) is 0 Å². The molecule has 3 heteroatoms. The molecule has 3 aliphatic heterocycles. The zero-order valence-electron chi connectivity index (χ0n) is 15.2. The Labute approximate surface area is 138 Å². The molecule has 22 heavy (non-hydrogen) atoms. The van der Waals surface area contributed by atoms with Gasteiger partial charge in [-0.15, -0.1) is 0 Å². The van der Waals surface area contributed by atoms with Crippen LogP contribution in [-0.4, -0.2) is 73.1 Å². The fourth-order valence-electron chi connectivity index (χ4n) is 4.78. The summed E-state index contributed by atoms with van der Waals surface area (Å²) in [4.78, 5) is 8.10. The first kappa shape index (κ1) is 16.7. The van der Waals surface area contributed by atoms with Crippen molar-refractivity contribution >= 4 is 0 Å². The van der Waals surface area contributed by atoms with Gasteiger partial charge in [-0.3, -0.25) is 4.90 Å². The largest absolute Gasteiger partial charge is 0.303 e. The summed E-state index contributed by atoms with van der Waals surface area (Å²) >= 11 is 0. The molecule has 1 spiro atoms. The van der Waals surface area contributed by atoms with Crippen LogP contribution in [0, 0.1) is 11.3 Å². The Kier molecular flexibility index (Phi) is 5.47. The SMILES string of the molecule is CCCN1CCC(CN2CCC3(CC2)CN(C(C)C)C3)CC1. The van der Waals surface area contributed by atoms with Crippen LogP contribution < -0.4 is 0 Å². The van der Waals surface area contributed by atoms with E-state index in [0.29, 0.717) is 5.41 Å². The second-order valence-corrected chi connectivity index (χ2v) is 8.58. The zero-order valence-corrected chi connectivity index (χ0v) is 15.2. The Morgan fingerprint density at radius 2 is 1.59 bits per heavy atom. The maximum Gasteiger partial charge on any atom is 0.00541 e. The molecule has 0 aliphatic carbocycles. The average molecular weight is 308 g/mol. The number of hydrogen-bond acceptors (Lipinski definition) is 3. The van der Waals surface area contributed by atoms with Gasteiger partial charge in [0.05, 0.1) is 0 Å². The number of hydrogen-bond donors (Lipinski definition) is 0. The highest BCUT2D eigenvalue weighted by Crippen LogP contribution is 2.41. The van der Waals surface area contributed by atoms with Crippen LogP contribution in [-0.2, 0) is 0 Å². The molecule has 3 heterocycles. The van der Waals surface area contributed by atoms with E-state index in [9.17, 15) is 0 Å². The van der Waals surface area contributed by atoms with E-state index in [1.807, 2.05) is 0 Å². The third-order valence-electron chi connectivity index (χ3n) is 6.49. The molecule has 0 unspecified atom stereocenters. The van der Waals surface area contributed by atoms with Crippen molar-refractivity contribution in [2.75, 3.05) is 52.4 Å². The van der Waals surface area contributed by atoms with Crippen molar-refractivity contribution in [1.82, 2.24) is 14.7 Å². The minimum absolute atomic E-state index is 0.700. The van der Waals surface area contributed by atoms with Crippen molar-refractivity contribution in [3.05, 3.63) is 0 Å². The predicted octanol–water partition coefficient (Wildman–Crippen LogP) is 2.91. The van der Waals surface area contributed by atoms with Crippen molar-refractivity contribution < 1.29 is 0 Å². The normalized spacial score (nSPS) is 28.4. The van der Waals surface area contributed by atoms with Crippen LogP contribution in [0.5, 0.6) is 0 Å². The number of rotatable bonds is 5. The maximum absolute atomic E-state index is 2.78. The summed E-state index contributed by atoms with van der Waals surface area (Å²) < 4.78 is 0. The standard InChI is InChI=1S/C19H37N3/c1-4-9-20-10-5-18(6-11-20)14-21-12-7-19(8-13-21)15-22(16-19)17(2)3/h17-18H,4-16H2,1-3H3. The molecule has 0 atom stereocenters. The summed E-state index contributed by atoms with van der Waals surface area (Å²) in [6.07, 6.45) is 7.08. The third kappa shape index (κ3) is 3.85. The molecular weight excluding hydrogens is 270 g/mol. The smallest absolute Gasteiger partial charge is 0.00541 e. The molecule has 0 saturated carbocycles. The van der Waals surface area contributed by atoms with Crippen molar-refractivity contribution in [3.63, 3.8) is 0 Å². The summed E-state index contributed by atoms with van der Waals surface area (Å²) in [5.41, 5.74) is 0.700. The molecule has 3 aliphatic rings. The van der Waals surface area contributed by atoms with Gasteiger partial charge < -0.3 is 9.80 Å². The Bertz CT molecular complexity index is 331. The first-order valence-electron chi connectivity index (χ1n) is 9.79. The first-order chi connectivity index (χ1) is 10.6. The summed E-state index contributed by atoms with van der Waals surface area (Å²) in [7, 11) is 0. The monoisotopic (exact) mass is 307 g/mol. The molecule has 128 valence electrons. The molecule has 0 aromatic rings. The van der Waals surface area contributed by atoms with Crippen molar-refractivity contribution in [2.24, 2.45) is 11.3 Å². The Hall–Kier alpha value is -0.120. The minimum Gasteiger partial charge on any atom is -0.303 e. The summed E-state index contributed by atoms with van der Waals surface area (Å²) in [5, 5.41) is 0. The number of piperidine rings is 2. The molecule has 3 fully saturated rings. The Morgan fingerprint density at radius 3 is 2.14 bits per heavy atom. The molecule has 0 bridgehead atoms. The molecule has 0 radical (unpaired) electrons. The molecule has 0 aromatic heterocycles. The van der Waals surface area contributed by atoms with Crippen LogP contribution in [0.3, 0.4) is 0 Å².